The number of benzene rings is 2. The van der Waals surface area contributed by atoms with E-state index in [1.165, 1.54) is 11.8 Å². The quantitative estimate of drug-likeness (QED) is 0.245. The van der Waals surface area contributed by atoms with Crippen LogP contribution in [0.5, 0.6) is 0 Å². The maximum Gasteiger partial charge on any atom is 0.311 e. The van der Waals surface area contributed by atoms with E-state index in [4.69, 9.17) is 9.26 Å². The fraction of sp³-hybridized carbons (Fsp3) is 0.286. The molecule has 156 valence electrons. The average Bonchev–Trinajstić information content (AvgIpc) is 2.76. The van der Waals surface area contributed by atoms with Gasteiger partial charge in [-0.15, -0.1) is 0 Å². The fourth-order valence-corrected chi connectivity index (χ4v) is 2.55. The van der Waals surface area contributed by atoms with E-state index in [1.807, 2.05) is 62.4 Å². The number of hydrogen-bond donors (Lipinski definition) is 1. The van der Waals surface area contributed by atoms with Gasteiger partial charge in [0.05, 0.1) is 23.7 Å². The first-order valence-electron chi connectivity index (χ1n) is 9.28. The Balaban J connectivity index is 0.000000321. The minimum atomic E-state index is -0.441. The molecule has 2 aromatic carbocycles. The number of aromatic nitrogens is 1. The highest BCUT2D eigenvalue weighted by Gasteiger charge is 2.17. The Morgan fingerprint density at radius 3 is 2.38 bits per heavy atom. The van der Waals surface area contributed by atoms with E-state index in [0.717, 1.165) is 10.9 Å². The zero-order chi connectivity index (χ0) is 21.5. The van der Waals surface area contributed by atoms with Crippen LogP contribution in [0, 0.1) is 10.1 Å². The van der Waals surface area contributed by atoms with Crippen LogP contribution >= 0.6 is 9.47 Å². The monoisotopic (exact) mass is 417 g/mol. The molecule has 0 aliphatic rings. The second kappa shape index (κ2) is 14.4. The molecular weight excluding hydrogens is 389 g/mol. The molecule has 0 saturated carbocycles. The Bertz CT molecular complexity index is 863. The fourth-order valence-electron chi connectivity index (χ4n) is 2.43. The van der Waals surface area contributed by atoms with Gasteiger partial charge in [-0.05, 0) is 11.6 Å². The van der Waals surface area contributed by atoms with Gasteiger partial charge in [0, 0.05) is 28.5 Å². The van der Waals surface area contributed by atoms with Gasteiger partial charge < -0.3 is 14.6 Å². The Morgan fingerprint density at radius 2 is 1.76 bits per heavy atom. The third-order valence-corrected chi connectivity index (χ3v) is 3.86. The summed E-state index contributed by atoms with van der Waals surface area (Å²) in [6, 6.07) is 17.4. The Kier molecular flexibility index (Phi) is 12.1. The molecule has 1 N–H and O–H groups in total. The lowest BCUT2D eigenvalue weighted by atomic mass is 10.1. The zero-order valence-electron chi connectivity index (χ0n) is 17.0. The van der Waals surface area contributed by atoms with E-state index in [2.05, 4.69) is 19.8 Å². The summed E-state index contributed by atoms with van der Waals surface area (Å²) in [5.41, 5.74) is 2.39. The van der Waals surface area contributed by atoms with Crippen LogP contribution in [-0.4, -0.2) is 30.2 Å². The van der Waals surface area contributed by atoms with E-state index >= 15 is 0 Å². The molecule has 0 radical (unpaired) electrons. The lowest BCUT2D eigenvalue weighted by molar-refractivity contribution is -0.384. The minimum absolute atomic E-state index is 0.0301. The maximum atomic E-state index is 11.0. The minimum Gasteiger partial charge on any atom is -0.380 e. The van der Waals surface area contributed by atoms with Crippen molar-refractivity contribution in [2.24, 2.45) is 0 Å². The summed E-state index contributed by atoms with van der Waals surface area (Å²) >= 11 is 0. The number of nitrogens with zero attached hydrogens (tertiary/aromatic N) is 2. The third-order valence-electron chi connectivity index (χ3n) is 3.63. The van der Waals surface area contributed by atoms with E-state index in [9.17, 15) is 10.1 Å². The molecule has 0 spiro atoms. The summed E-state index contributed by atoms with van der Waals surface area (Å²) in [5.74, 6) is 0. The molecule has 0 saturated heterocycles. The molecule has 1 atom stereocenters. The van der Waals surface area contributed by atoms with Crippen LogP contribution in [0.25, 0.3) is 10.9 Å². The van der Waals surface area contributed by atoms with Crippen molar-refractivity contribution >= 4 is 31.7 Å². The van der Waals surface area contributed by atoms with Gasteiger partial charge in [0.15, 0.2) is 0 Å². The second-order valence-electron chi connectivity index (χ2n) is 5.51. The number of fused-ring (bicyclic) bond motifs is 1. The molecule has 0 aliphatic carbocycles. The number of ether oxygens (including phenoxy) is 1. The van der Waals surface area contributed by atoms with Gasteiger partial charge in [-0.2, -0.15) is 0 Å². The molecule has 1 heterocycles. The molecule has 0 aliphatic heterocycles. The summed E-state index contributed by atoms with van der Waals surface area (Å²) in [4.78, 5) is 14.6. The lowest BCUT2D eigenvalue weighted by Crippen LogP contribution is -2.08. The largest absolute Gasteiger partial charge is 0.380 e. The molecule has 0 fully saturated rings. The van der Waals surface area contributed by atoms with Crippen LogP contribution < -0.4 is 5.32 Å². The number of nitro groups is 1. The predicted octanol–water partition coefficient (Wildman–Crippen LogP) is 5.22. The SMILES string of the molecule is CC.COCc1ccccc1.O=[N+]([O-])c1cnc2ccccc2c1NCCOP. The van der Waals surface area contributed by atoms with Gasteiger partial charge >= 0.3 is 5.69 Å². The van der Waals surface area contributed by atoms with Crippen molar-refractivity contribution < 1.29 is 14.2 Å². The van der Waals surface area contributed by atoms with Crippen LogP contribution in [0.1, 0.15) is 19.4 Å². The molecule has 3 aromatic rings. The highest BCUT2D eigenvalue weighted by molar-refractivity contribution is 7.09. The molecule has 3 rings (SSSR count). The number of anilines is 1. The first kappa shape index (κ1) is 24.4. The van der Waals surface area contributed by atoms with Crippen molar-refractivity contribution in [2.75, 3.05) is 25.6 Å². The molecular formula is C21H28N3O4P. The zero-order valence-corrected chi connectivity index (χ0v) is 18.2. The predicted molar refractivity (Wildman–Crippen MR) is 121 cm³/mol. The van der Waals surface area contributed by atoms with E-state index in [1.54, 1.807) is 13.2 Å². The first-order valence-corrected chi connectivity index (χ1v) is 9.75. The number of nitrogens with one attached hydrogen (secondary N) is 1. The van der Waals surface area contributed by atoms with Crippen LogP contribution in [0.4, 0.5) is 11.4 Å². The van der Waals surface area contributed by atoms with Gasteiger partial charge in [-0.3, -0.25) is 10.1 Å². The van der Waals surface area contributed by atoms with Crippen molar-refractivity contribution in [3.05, 3.63) is 76.5 Å². The van der Waals surface area contributed by atoms with Crippen molar-refractivity contribution in [1.82, 2.24) is 4.98 Å². The van der Waals surface area contributed by atoms with Gasteiger partial charge in [0.25, 0.3) is 0 Å². The van der Waals surface area contributed by atoms with Crippen molar-refractivity contribution in [3.63, 3.8) is 0 Å². The second-order valence-corrected chi connectivity index (χ2v) is 5.84. The summed E-state index contributed by atoms with van der Waals surface area (Å²) in [6.45, 7) is 5.64. The normalized spacial score (nSPS) is 9.66. The lowest BCUT2D eigenvalue weighted by Gasteiger charge is -2.09. The first-order chi connectivity index (χ1) is 14.2. The molecule has 0 amide bonds. The third kappa shape index (κ3) is 8.11. The van der Waals surface area contributed by atoms with Gasteiger partial charge in [-0.25, -0.2) is 4.98 Å². The highest BCUT2D eigenvalue weighted by Crippen LogP contribution is 2.31. The number of para-hydroxylation sites is 1. The Hall–Kier alpha value is -2.60. The Labute approximate surface area is 173 Å². The van der Waals surface area contributed by atoms with Gasteiger partial charge in [0.1, 0.15) is 11.9 Å². The van der Waals surface area contributed by atoms with Crippen molar-refractivity contribution in [1.29, 1.82) is 0 Å². The van der Waals surface area contributed by atoms with Gasteiger partial charge in [0.2, 0.25) is 0 Å². The van der Waals surface area contributed by atoms with Crippen LogP contribution in [-0.2, 0) is 15.9 Å². The van der Waals surface area contributed by atoms with E-state index < -0.39 is 4.92 Å². The summed E-state index contributed by atoms with van der Waals surface area (Å²) in [6.07, 6.45) is 1.27. The highest BCUT2D eigenvalue weighted by atomic mass is 31.0. The topological polar surface area (TPSA) is 86.5 Å². The molecule has 0 bridgehead atoms. The number of hydrogen-bond acceptors (Lipinski definition) is 6. The number of methoxy groups -OCH3 is 1. The summed E-state index contributed by atoms with van der Waals surface area (Å²) in [5, 5.41) is 14.7. The maximum absolute atomic E-state index is 11.0. The van der Waals surface area contributed by atoms with Crippen molar-refractivity contribution in [2.45, 2.75) is 20.5 Å². The van der Waals surface area contributed by atoms with E-state index in [-0.39, 0.29) is 5.69 Å². The van der Waals surface area contributed by atoms with E-state index in [0.29, 0.717) is 25.4 Å². The number of pyridine rings is 1. The molecule has 29 heavy (non-hydrogen) atoms. The summed E-state index contributed by atoms with van der Waals surface area (Å²) in [7, 11) is 3.84. The Morgan fingerprint density at radius 1 is 1.10 bits per heavy atom. The number of rotatable bonds is 7. The van der Waals surface area contributed by atoms with Crippen LogP contribution in [0.15, 0.2) is 60.8 Å². The average molecular weight is 417 g/mol. The molecule has 1 aromatic heterocycles. The smallest absolute Gasteiger partial charge is 0.311 e. The van der Waals surface area contributed by atoms with Crippen LogP contribution in [0.2, 0.25) is 0 Å². The standard InChI is InChI=1S/C11H12N3O3P.C8H10O.C2H6/c15-14(16)10-7-13-9-4-2-1-3-8(9)11(10)12-5-6-17-18;1-9-7-8-5-3-2-4-6-8;1-2/h1-4,7H,5-6,18H2,(H,12,13);2-6H,7H2,1H3;1-2H3. The van der Waals surface area contributed by atoms with Crippen molar-refractivity contribution in [3.8, 4) is 0 Å². The van der Waals surface area contributed by atoms with Crippen LogP contribution in [0.3, 0.4) is 0 Å². The molecule has 8 heteroatoms. The molecule has 1 unspecified atom stereocenters. The van der Waals surface area contributed by atoms with Gasteiger partial charge in [-0.1, -0.05) is 62.4 Å². The summed E-state index contributed by atoms with van der Waals surface area (Å²) < 4.78 is 9.77. The molecule has 7 nitrogen and oxygen atoms in total.